The van der Waals surface area contributed by atoms with Gasteiger partial charge in [0.15, 0.2) is 0 Å². The van der Waals surface area contributed by atoms with Gasteiger partial charge < -0.3 is 20.1 Å². The van der Waals surface area contributed by atoms with Gasteiger partial charge in [-0.05, 0) is 37.5 Å². The van der Waals surface area contributed by atoms with Crippen LogP contribution in [0.1, 0.15) is 40.4 Å². The minimum absolute atomic E-state index is 0.0610. The summed E-state index contributed by atoms with van der Waals surface area (Å²) in [5.41, 5.74) is 2.95. The molecule has 7 heteroatoms. The predicted octanol–water partition coefficient (Wildman–Crippen LogP) is 3.12. The Labute approximate surface area is 186 Å². The largest absolute Gasteiger partial charge is 0.367 e. The Bertz CT molecular complexity index is 1230. The van der Waals surface area contributed by atoms with Gasteiger partial charge in [0, 0.05) is 50.3 Å². The van der Waals surface area contributed by atoms with Crippen LogP contribution in [0.5, 0.6) is 0 Å². The van der Waals surface area contributed by atoms with Crippen LogP contribution in [0.25, 0.3) is 10.9 Å². The number of amides is 1. The topological polar surface area (TPSA) is 66.4 Å². The second-order valence-electron chi connectivity index (χ2n) is 8.74. The van der Waals surface area contributed by atoms with E-state index >= 15 is 4.39 Å². The molecular formula is C25H27FN4O2. The van der Waals surface area contributed by atoms with Gasteiger partial charge in [-0.1, -0.05) is 29.8 Å². The van der Waals surface area contributed by atoms with E-state index in [1.54, 1.807) is 12.3 Å². The molecule has 2 heterocycles. The quantitative estimate of drug-likeness (QED) is 0.648. The van der Waals surface area contributed by atoms with E-state index in [9.17, 15) is 9.59 Å². The Morgan fingerprint density at radius 2 is 1.88 bits per heavy atom. The van der Waals surface area contributed by atoms with E-state index in [0.717, 1.165) is 50.1 Å². The molecule has 0 atom stereocenters. The number of halogens is 1. The van der Waals surface area contributed by atoms with Crippen molar-refractivity contribution in [1.82, 2.24) is 15.2 Å². The molecule has 6 nitrogen and oxygen atoms in total. The summed E-state index contributed by atoms with van der Waals surface area (Å²) in [6.07, 6.45) is 3.64. The highest BCUT2D eigenvalue weighted by atomic mass is 19.1. The van der Waals surface area contributed by atoms with E-state index in [1.807, 2.05) is 40.7 Å². The molecule has 1 aliphatic heterocycles. The molecule has 1 amide bonds. The Morgan fingerprint density at radius 1 is 1.16 bits per heavy atom. The normalized spacial score (nSPS) is 16.4. The highest BCUT2D eigenvalue weighted by molar-refractivity contribution is 5.98. The number of hydrogen-bond donors (Lipinski definition) is 2. The van der Waals surface area contributed by atoms with Crippen molar-refractivity contribution in [3.05, 3.63) is 75.3 Å². The van der Waals surface area contributed by atoms with E-state index in [-0.39, 0.29) is 17.0 Å². The molecule has 1 saturated carbocycles. The van der Waals surface area contributed by atoms with Gasteiger partial charge in [-0.3, -0.25) is 9.59 Å². The fourth-order valence-corrected chi connectivity index (χ4v) is 4.31. The zero-order chi connectivity index (χ0) is 22.2. The van der Waals surface area contributed by atoms with Crippen LogP contribution in [0.15, 0.2) is 47.4 Å². The SMILES string of the molecule is Cc1ccc(CNC(=O)c2cn(C3CC3)c3cc(N4CCNCC4)c(F)cc3c2=O)cc1. The van der Waals surface area contributed by atoms with Crippen LogP contribution >= 0.6 is 0 Å². The molecule has 2 aromatic carbocycles. The fourth-order valence-electron chi connectivity index (χ4n) is 4.31. The number of rotatable bonds is 5. The van der Waals surface area contributed by atoms with Gasteiger partial charge in [0.2, 0.25) is 5.43 Å². The lowest BCUT2D eigenvalue weighted by atomic mass is 10.1. The van der Waals surface area contributed by atoms with Crippen molar-refractivity contribution in [1.29, 1.82) is 0 Å². The fraction of sp³-hybridized carbons (Fsp3) is 0.360. The van der Waals surface area contributed by atoms with E-state index in [2.05, 4.69) is 10.6 Å². The maximum Gasteiger partial charge on any atom is 0.257 e. The maximum atomic E-state index is 15.1. The molecule has 2 aliphatic rings. The van der Waals surface area contributed by atoms with Gasteiger partial charge in [0.1, 0.15) is 11.4 Å². The number of piperazine rings is 1. The predicted molar refractivity (Wildman–Crippen MR) is 124 cm³/mol. The molecule has 5 rings (SSSR count). The molecule has 0 spiro atoms. The standard InChI is InChI=1S/C25H27FN4O2/c1-16-2-4-17(5-3-16)14-28-25(32)20-15-30(18-6-7-18)22-13-23(29-10-8-27-9-11-29)21(26)12-19(22)24(20)31/h2-5,12-13,15,18,27H,6-11,14H2,1H3,(H,28,32). The molecule has 1 aliphatic carbocycles. The lowest BCUT2D eigenvalue weighted by Gasteiger charge is -2.30. The van der Waals surface area contributed by atoms with Crippen LogP contribution in [0.3, 0.4) is 0 Å². The van der Waals surface area contributed by atoms with Gasteiger partial charge >= 0.3 is 0 Å². The molecule has 1 aromatic heterocycles. The number of anilines is 1. The Balaban J connectivity index is 1.51. The number of hydrogen-bond acceptors (Lipinski definition) is 4. The van der Waals surface area contributed by atoms with E-state index in [1.165, 1.54) is 6.07 Å². The van der Waals surface area contributed by atoms with Crippen molar-refractivity contribution >= 4 is 22.5 Å². The van der Waals surface area contributed by atoms with E-state index in [4.69, 9.17) is 0 Å². The van der Waals surface area contributed by atoms with E-state index < -0.39 is 17.2 Å². The van der Waals surface area contributed by atoms with Crippen molar-refractivity contribution in [3.63, 3.8) is 0 Å². The first-order valence-corrected chi connectivity index (χ1v) is 11.2. The van der Waals surface area contributed by atoms with Crippen LogP contribution in [-0.2, 0) is 6.54 Å². The third kappa shape index (κ3) is 4.00. The molecule has 2 N–H and O–H groups in total. The second-order valence-corrected chi connectivity index (χ2v) is 8.74. The van der Waals surface area contributed by atoms with Crippen molar-refractivity contribution in [2.45, 2.75) is 32.4 Å². The molecule has 3 aromatic rings. The molecule has 0 unspecified atom stereocenters. The molecule has 32 heavy (non-hydrogen) atoms. The van der Waals surface area contributed by atoms with Gasteiger partial charge in [-0.2, -0.15) is 0 Å². The van der Waals surface area contributed by atoms with Crippen LogP contribution < -0.4 is 21.0 Å². The minimum Gasteiger partial charge on any atom is -0.367 e. The Morgan fingerprint density at radius 3 is 2.56 bits per heavy atom. The zero-order valence-corrected chi connectivity index (χ0v) is 18.2. The summed E-state index contributed by atoms with van der Waals surface area (Å²) < 4.78 is 17.0. The van der Waals surface area contributed by atoms with Crippen LogP contribution in [0.4, 0.5) is 10.1 Å². The number of fused-ring (bicyclic) bond motifs is 1. The summed E-state index contributed by atoms with van der Waals surface area (Å²) in [6.45, 7) is 5.37. The van der Waals surface area contributed by atoms with Gasteiger partial charge in [0.05, 0.1) is 11.2 Å². The van der Waals surface area contributed by atoms with Crippen molar-refractivity contribution in [3.8, 4) is 0 Å². The average molecular weight is 435 g/mol. The molecule has 0 radical (unpaired) electrons. The van der Waals surface area contributed by atoms with Crippen LogP contribution in [-0.4, -0.2) is 36.7 Å². The monoisotopic (exact) mass is 434 g/mol. The Kier molecular flexibility index (Phi) is 5.43. The minimum atomic E-state index is -0.432. The summed E-state index contributed by atoms with van der Waals surface area (Å²) in [6, 6.07) is 11.2. The molecular weight excluding hydrogens is 407 g/mol. The Hall–Kier alpha value is -3.19. The number of carbonyl (C=O) groups is 1. The van der Waals surface area contributed by atoms with E-state index in [0.29, 0.717) is 17.7 Å². The molecule has 0 bridgehead atoms. The summed E-state index contributed by atoms with van der Waals surface area (Å²) in [5, 5.41) is 6.38. The molecule has 166 valence electrons. The second kappa shape index (κ2) is 8.39. The highest BCUT2D eigenvalue weighted by Gasteiger charge is 2.28. The van der Waals surface area contributed by atoms with Crippen LogP contribution in [0, 0.1) is 12.7 Å². The van der Waals surface area contributed by atoms with Crippen molar-refractivity contribution < 1.29 is 9.18 Å². The third-order valence-electron chi connectivity index (χ3n) is 6.32. The number of nitrogens with one attached hydrogen (secondary N) is 2. The summed E-state index contributed by atoms with van der Waals surface area (Å²) >= 11 is 0. The number of nitrogens with zero attached hydrogens (tertiary/aromatic N) is 2. The van der Waals surface area contributed by atoms with Crippen molar-refractivity contribution in [2.75, 3.05) is 31.1 Å². The van der Waals surface area contributed by atoms with Gasteiger partial charge in [0.25, 0.3) is 5.91 Å². The summed E-state index contributed by atoms with van der Waals surface area (Å²) in [4.78, 5) is 28.1. The lowest BCUT2D eigenvalue weighted by molar-refractivity contribution is 0.0949. The first-order valence-electron chi connectivity index (χ1n) is 11.2. The average Bonchev–Trinajstić information content (AvgIpc) is 3.65. The molecule has 2 fully saturated rings. The summed E-state index contributed by atoms with van der Waals surface area (Å²) in [7, 11) is 0. The summed E-state index contributed by atoms with van der Waals surface area (Å²) in [5.74, 6) is -0.852. The van der Waals surface area contributed by atoms with Gasteiger partial charge in [-0.25, -0.2) is 4.39 Å². The number of carbonyl (C=O) groups excluding carboxylic acids is 1. The van der Waals surface area contributed by atoms with Crippen LogP contribution in [0.2, 0.25) is 0 Å². The first kappa shape index (κ1) is 20.7. The molecule has 1 saturated heterocycles. The maximum absolute atomic E-state index is 15.1. The number of pyridine rings is 1. The van der Waals surface area contributed by atoms with Crippen molar-refractivity contribution in [2.24, 2.45) is 0 Å². The lowest BCUT2D eigenvalue weighted by Crippen LogP contribution is -2.44. The third-order valence-corrected chi connectivity index (χ3v) is 6.32. The smallest absolute Gasteiger partial charge is 0.257 e. The highest BCUT2D eigenvalue weighted by Crippen LogP contribution is 2.38. The zero-order valence-electron chi connectivity index (χ0n) is 18.2. The number of aryl methyl sites for hydroxylation is 1. The number of benzene rings is 2. The first-order chi connectivity index (χ1) is 15.5. The van der Waals surface area contributed by atoms with Gasteiger partial charge in [-0.15, -0.1) is 0 Å². The number of aromatic nitrogens is 1.